The van der Waals surface area contributed by atoms with Gasteiger partial charge in [-0.1, -0.05) is 37.3 Å². The third-order valence-electron chi connectivity index (χ3n) is 4.50. The van der Waals surface area contributed by atoms with Crippen LogP contribution in [0.5, 0.6) is 0 Å². The lowest BCUT2D eigenvalue weighted by atomic mass is 10.2. The maximum Gasteiger partial charge on any atom is 0.307 e. The predicted octanol–water partition coefficient (Wildman–Crippen LogP) is 6.08. The molecule has 0 saturated heterocycles. The third kappa shape index (κ3) is 5.41. The maximum absolute atomic E-state index is 11.9. The minimum Gasteiger partial charge on any atom is -0.460 e. The first-order valence-electron chi connectivity index (χ1n) is 9.86. The summed E-state index contributed by atoms with van der Waals surface area (Å²) >= 11 is 1.71. The van der Waals surface area contributed by atoms with E-state index in [1.807, 2.05) is 20.8 Å². The molecule has 0 fully saturated rings. The van der Waals surface area contributed by atoms with Crippen LogP contribution in [0.4, 0.5) is 0 Å². The Morgan fingerprint density at radius 2 is 1.82 bits per heavy atom. The average molecular weight is 396 g/mol. The number of hydrogen-bond acceptors (Lipinski definition) is 3. The number of carbonyl (C=O) groups is 1. The van der Waals surface area contributed by atoms with Crippen LogP contribution in [-0.4, -0.2) is 21.9 Å². The molecule has 3 aromatic rings. The van der Waals surface area contributed by atoms with Crippen LogP contribution in [0.3, 0.4) is 0 Å². The first-order valence-corrected chi connectivity index (χ1v) is 10.8. The van der Waals surface area contributed by atoms with E-state index in [1.54, 1.807) is 11.8 Å². The lowest BCUT2D eigenvalue weighted by Crippen LogP contribution is -2.23. The van der Waals surface area contributed by atoms with E-state index in [1.165, 1.54) is 27.1 Å². The topological polar surface area (TPSA) is 31.2 Å². The molecule has 0 bridgehead atoms. The number of aromatic nitrogens is 1. The Bertz CT molecular complexity index is 938. The zero-order chi connectivity index (χ0) is 20.1. The number of rotatable bonds is 7. The minimum absolute atomic E-state index is 0.136. The molecular formula is C24H29NO2S. The van der Waals surface area contributed by atoms with Crippen LogP contribution < -0.4 is 0 Å². The van der Waals surface area contributed by atoms with Crippen LogP contribution in [0.1, 0.15) is 45.4 Å². The SMILES string of the molecule is CCc1cc2cc(SCCC(=O)OC(C)(C)C)ccc2n1Cc1ccccc1. The highest BCUT2D eigenvalue weighted by molar-refractivity contribution is 7.99. The van der Waals surface area contributed by atoms with Gasteiger partial charge in [-0.2, -0.15) is 0 Å². The summed E-state index contributed by atoms with van der Waals surface area (Å²) < 4.78 is 7.78. The van der Waals surface area contributed by atoms with Crippen LogP contribution >= 0.6 is 11.8 Å². The average Bonchev–Trinajstić information content (AvgIpc) is 2.98. The summed E-state index contributed by atoms with van der Waals surface area (Å²) in [6.07, 6.45) is 1.43. The van der Waals surface area contributed by atoms with Gasteiger partial charge in [0.25, 0.3) is 0 Å². The van der Waals surface area contributed by atoms with Crippen molar-refractivity contribution in [3.63, 3.8) is 0 Å². The second-order valence-electron chi connectivity index (χ2n) is 7.97. The lowest BCUT2D eigenvalue weighted by molar-refractivity contribution is -0.154. The van der Waals surface area contributed by atoms with Gasteiger partial charge in [-0.3, -0.25) is 4.79 Å². The van der Waals surface area contributed by atoms with Crippen molar-refractivity contribution in [2.45, 2.75) is 57.6 Å². The molecule has 3 rings (SSSR count). The first kappa shape index (κ1) is 20.5. The van der Waals surface area contributed by atoms with Gasteiger partial charge >= 0.3 is 5.97 Å². The fourth-order valence-corrected chi connectivity index (χ4v) is 4.17. The summed E-state index contributed by atoms with van der Waals surface area (Å²) in [6, 6.07) is 19.5. The highest BCUT2D eigenvalue weighted by atomic mass is 32.2. The molecule has 0 radical (unpaired) electrons. The Balaban J connectivity index is 1.71. The molecular weight excluding hydrogens is 366 g/mol. The molecule has 1 aromatic heterocycles. The zero-order valence-electron chi connectivity index (χ0n) is 17.2. The number of nitrogens with zero attached hydrogens (tertiary/aromatic N) is 1. The highest BCUT2D eigenvalue weighted by Crippen LogP contribution is 2.28. The van der Waals surface area contributed by atoms with E-state index in [-0.39, 0.29) is 5.97 Å². The summed E-state index contributed by atoms with van der Waals surface area (Å²) in [7, 11) is 0. The Kier molecular flexibility index (Phi) is 6.50. The zero-order valence-corrected chi connectivity index (χ0v) is 18.0. The van der Waals surface area contributed by atoms with Crippen molar-refractivity contribution in [2.75, 3.05) is 5.75 Å². The number of esters is 1. The van der Waals surface area contributed by atoms with Gasteiger partial charge in [0, 0.05) is 33.8 Å². The molecule has 0 aliphatic rings. The standard InChI is InChI=1S/C24H29NO2S/c1-5-20-15-19-16-21(28-14-13-23(26)27-24(2,3)4)11-12-22(19)25(20)17-18-9-7-6-8-10-18/h6-12,15-16H,5,13-14,17H2,1-4H3. The van der Waals surface area contributed by atoms with Gasteiger partial charge in [-0.05, 0) is 57.0 Å². The number of benzene rings is 2. The highest BCUT2D eigenvalue weighted by Gasteiger charge is 2.16. The van der Waals surface area contributed by atoms with Crippen molar-refractivity contribution < 1.29 is 9.53 Å². The van der Waals surface area contributed by atoms with Gasteiger partial charge in [0.05, 0.1) is 6.42 Å². The second kappa shape index (κ2) is 8.87. The van der Waals surface area contributed by atoms with Gasteiger partial charge < -0.3 is 9.30 Å². The molecule has 4 heteroatoms. The van der Waals surface area contributed by atoms with Gasteiger partial charge in [0.1, 0.15) is 5.60 Å². The molecule has 0 unspecified atom stereocenters. The van der Waals surface area contributed by atoms with Crippen LogP contribution in [0, 0.1) is 0 Å². The van der Waals surface area contributed by atoms with Gasteiger partial charge in [-0.15, -0.1) is 11.8 Å². The van der Waals surface area contributed by atoms with E-state index in [9.17, 15) is 4.79 Å². The number of ether oxygens (including phenoxy) is 1. The quantitative estimate of drug-likeness (QED) is 0.359. The lowest BCUT2D eigenvalue weighted by Gasteiger charge is -2.19. The fraction of sp³-hybridized carbons (Fsp3) is 0.375. The third-order valence-corrected chi connectivity index (χ3v) is 5.49. The van der Waals surface area contributed by atoms with E-state index in [4.69, 9.17) is 4.74 Å². The molecule has 0 saturated carbocycles. The number of hydrogen-bond donors (Lipinski definition) is 0. The van der Waals surface area contributed by atoms with Crippen LogP contribution in [0.15, 0.2) is 59.5 Å². The number of carbonyl (C=O) groups excluding carboxylic acids is 1. The van der Waals surface area contributed by atoms with Gasteiger partial charge in [-0.25, -0.2) is 0 Å². The van der Waals surface area contributed by atoms with Crippen LogP contribution in [-0.2, 0) is 22.5 Å². The summed E-state index contributed by atoms with van der Waals surface area (Å²) in [5, 5.41) is 1.26. The molecule has 0 N–H and O–H groups in total. The molecule has 28 heavy (non-hydrogen) atoms. The van der Waals surface area contributed by atoms with E-state index < -0.39 is 5.60 Å². The predicted molar refractivity (Wildman–Crippen MR) is 118 cm³/mol. The number of fused-ring (bicyclic) bond motifs is 1. The largest absolute Gasteiger partial charge is 0.460 e. The number of thioether (sulfide) groups is 1. The van der Waals surface area contributed by atoms with Crippen molar-refractivity contribution >= 4 is 28.6 Å². The summed E-state index contributed by atoms with van der Waals surface area (Å²) in [5.41, 5.74) is 3.50. The van der Waals surface area contributed by atoms with Crippen molar-refractivity contribution in [2.24, 2.45) is 0 Å². The fourth-order valence-electron chi connectivity index (χ4n) is 3.29. The first-order chi connectivity index (χ1) is 13.4. The monoisotopic (exact) mass is 395 g/mol. The van der Waals surface area contributed by atoms with Crippen molar-refractivity contribution in [1.82, 2.24) is 4.57 Å². The Morgan fingerprint density at radius 3 is 2.50 bits per heavy atom. The minimum atomic E-state index is -0.418. The molecule has 0 aliphatic carbocycles. The smallest absolute Gasteiger partial charge is 0.307 e. The van der Waals surface area contributed by atoms with E-state index in [0.29, 0.717) is 6.42 Å². The molecule has 3 nitrogen and oxygen atoms in total. The van der Waals surface area contributed by atoms with Crippen molar-refractivity contribution in [1.29, 1.82) is 0 Å². The Hall–Kier alpha value is -2.20. The van der Waals surface area contributed by atoms with Gasteiger partial charge in [0.2, 0.25) is 0 Å². The Morgan fingerprint density at radius 1 is 1.07 bits per heavy atom. The van der Waals surface area contributed by atoms with Crippen LogP contribution in [0.2, 0.25) is 0 Å². The van der Waals surface area contributed by atoms with E-state index in [0.717, 1.165) is 18.7 Å². The summed E-state index contributed by atoms with van der Waals surface area (Å²) in [4.78, 5) is 13.1. The van der Waals surface area contributed by atoms with Crippen molar-refractivity contribution in [3.05, 3.63) is 65.9 Å². The number of aryl methyl sites for hydroxylation is 1. The molecule has 0 spiro atoms. The Labute approximate surface area is 172 Å². The molecule has 2 aromatic carbocycles. The summed E-state index contributed by atoms with van der Waals surface area (Å²) in [6.45, 7) is 8.79. The van der Waals surface area contributed by atoms with Crippen molar-refractivity contribution in [3.8, 4) is 0 Å². The normalized spacial score (nSPS) is 11.7. The van der Waals surface area contributed by atoms with Gasteiger partial charge in [0.15, 0.2) is 0 Å². The molecule has 0 amide bonds. The maximum atomic E-state index is 11.9. The molecule has 1 heterocycles. The van der Waals surface area contributed by atoms with E-state index >= 15 is 0 Å². The van der Waals surface area contributed by atoms with E-state index in [2.05, 4.69) is 66.1 Å². The van der Waals surface area contributed by atoms with Crippen LogP contribution in [0.25, 0.3) is 10.9 Å². The molecule has 148 valence electrons. The molecule has 0 aliphatic heterocycles. The second-order valence-corrected chi connectivity index (χ2v) is 9.13. The summed E-state index contributed by atoms with van der Waals surface area (Å²) in [5.74, 6) is 0.592. The molecule has 0 atom stereocenters.